The van der Waals surface area contributed by atoms with Crippen LogP contribution in [0.25, 0.3) is 0 Å². The number of hydrogen-bond acceptors (Lipinski definition) is 4. The van der Waals surface area contributed by atoms with E-state index >= 15 is 0 Å². The maximum Gasteiger partial charge on any atom is 0.191 e. The van der Waals surface area contributed by atoms with Crippen LogP contribution in [0.2, 0.25) is 0 Å². The third kappa shape index (κ3) is 5.15. The lowest BCUT2D eigenvalue weighted by molar-refractivity contribution is -0.0453. The van der Waals surface area contributed by atoms with Gasteiger partial charge in [0.1, 0.15) is 0 Å². The van der Waals surface area contributed by atoms with Crippen molar-refractivity contribution in [2.75, 3.05) is 39.0 Å². The number of ether oxygens (including phenoxy) is 1. The number of benzene rings is 1. The summed E-state index contributed by atoms with van der Waals surface area (Å²) in [5.41, 5.74) is 2.57. The van der Waals surface area contributed by atoms with Gasteiger partial charge in [-0.25, -0.2) is 4.99 Å². The van der Waals surface area contributed by atoms with Gasteiger partial charge in [-0.2, -0.15) is 0 Å². The van der Waals surface area contributed by atoms with E-state index in [1.54, 1.807) is 11.8 Å². The van der Waals surface area contributed by atoms with E-state index in [1.165, 1.54) is 35.4 Å². The second kappa shape index (κ2) is 9.62. The number of hydrogen-bond donors (Lipinski definition) is 2. The molecule has 0 aliphatic carbocycles. The minimum absolute atomic E-state index is 0.245. The highest BCUT2D eigenvalue weighted by Gasteiger charge is 2.32. The lowest BCUT2D eigenvalue weighted by Gasteiger charge is -2.35. The molecule has 3 rings (SSSR count). The molecule has 2 fully saturated rings. The molecule has 0 amide bonds. The Hall–Kier alpha value is -1.24. The third-order valence-corrected chi connectivity index (χ3v) is 5.97. The molecule has 2 N–H and O–H groups in total. The zero-order chi connectivity index (χ0) is 18.4. The molecule has 2 unspecified atom stereocenters. The minimum Gasteiger partial charge on any atom is -0.373 e. The summed E-state index contributed by atoms with van der Waals surface area (Å²) < 4.78 is 6.04. The molecule has 2 saturated heterocycles. The molecular weight excluding hydrogens is 344 g/mol. The molecule has 0 bridgehead atoms. The van der Waals surface area contributed by atoms with E-state index in [-0.39, 0.29) is 6.10 Å². The van der Waals surface area contributed by atoms with Crippen molar-refractivity contribution in [2.24, 2.45) is 4.99 Å². The van der Waals surface area contributed by atoms with E-state index in [9.17, 15) is 0 Å². The minimum atomic E-state index is 0.245. The summed E-state index contributed by atoms with van der Waals surface area (Å²) in [7, 11) is 0. The van der Waals surface area contributed by atoms with Crippen molar-refractivity contribution in [3.63, 3.8) is 0 Å². The molecule has 26 heavy (non-hydrogen) atoms. The van der Waals surface area contributed by atoms with Gasteiger partial charge in [0.25, 0.3) is 0 Å². The molecule has 1 aromatic rings. The number of aliphatic imine (C=N–C) groups is 1. The van der Waals surface area contributed by atoms with Gasteiger partial charge in [0.05, 0.1) is 19.3 Å². The van der Waals surface area contributed by atoms with Crippen LogP contribution in [0.1, 0.15) is 30.9 Å². The number of nitrogens with one attached hydrogen (secondary N) is 2. The second-order valence-electron chi connectivity index (χ2n) is 7.14. The largest absolute Gasteiger partial charge is 0.373 e. The zero-order valence-corrected chi connectivity index (χ0v) is 17.1. The highest BCUT2D eigenvalue weighted by Crippen LogP contribution is 2.23. The van der Waals surface area contributed by atoms with Gasteiger partial charge in [0.15, 0.2) is 5.96 Å². The van der Waals surface area contributed by atoms with Crippen LogP contribution in [-0.2, 0) is 11.3 Å². The molecule has 1 aromatic carbocycles. The number of rotatable bonds is 6. The number of fused-ring (bicyclic) bond motifs is 1. The SMILES string of the molecule is CCNC(=NCc1ccc(C)cc1SC)NCC1CN2CCCC2CO1. The van der Waals surface area contributed by atoms with Crippen molar-refractivity contribution in [3.05, 3.63) is 29.3 Å². The fourth-order valence-corrected chi connectivity index (χ4v) is 4.41. The summed E-state index contributed by atoms with van der Waals surface area (Å²) in [5.74, 6) is 0.868. The van der Waals surface area contributed by atoms with Crippen LogP contribution in [0.3, 0.4) is 0 Å². The monoisotopic (exact) mass is 376 g/mol. The summed E-state index contributed by atoms with van der Waals surface area (Å²) in [5, 5.41) is 6.82. The summed E-state index contributed by atoms with van der Waals surface area (Å²) in [6.07, 6.45) is 4.97. The van der Waals surface area contributed by atoms with E-state index in [0.29, 0.717) is 12.6 Å². The van der Waals surface area contributed by atoms with Gasteiger partial charge >= 0.3 is 0 Å². The van der Waals surface area contributed by atoms with Gasteiger partial charge in [0, 0.05) is 30.6 Å². The average Bonchev–Trinajstić information content (AvgIpc) is 3.12. The molecule has 0 saturated carbocycles. The summed E-state index contributed by atoms with van der Waals surface area (Å²) >= 11 is 1.78. The van der Waals surface area contributed by atoms with Crippen LogP contribution in [-0.4, -0.2) is 62.0 Å². The Bertz CT molecular complexity index is 622. The fourth-order valence-electron chi connectivity index (χ4n) is 3.71. The van der Waals surface area contributed by atoms with Gasteiger partial charge in [-0.3, -0.25) is 4.90 Å². The van der Waals surface area contributed by atoms with Crippen molar-refractivity contribution in [2.45, 2.75) is 50.3 Å². The quantitative estimate of drug-likeness (QED) is 0.454. The van der Waals surface area contributed by atoms with Crippen molar-refractivity contribution in [1.82, 2.24) is 15.5 Å². The Kier molecular flexibility index (Phi) is 7.23. The van der Waals surface area contributed by atoms with Crippen LogP contribution in [0.15, 0.2) is 28.1 Å². The maximum atomic E-state index is 6.04. The molecule has 0 radical (unpaired) electrons. The highest BCUT2D eigenvalue weighted by atomic mass is 32.2. The molecule has 0 spiro atoms. The normalized spacial score (nSPS) is 23.7. The molecule has 2 aliphatic rings. The number of guanidine groups is 1. The smallest absolute Gasteiger partial charge is 0.191 e. The first kappa shape index (κ1) is 19.5. The number of aryl methyl sites for hydroxylation is 1. The lowest BCUT2D eigenvalue weighted by atomic mass is 10.1. The Balaban J connectivity index is 1.55. The maximum absolute atomic E-state index is 6.04. The molecule has 0 aromatic heterocycles. The van der Waals surface area contributed by atoms with Crippen LogP contribution in [0, 0.1) is 6.92 Å². The van der Waals surface area contributed by atoms with Gasteiger partial charge in [-0.05, 0) is 56.7 Å². The standard InChI is InChI=1S/C20H32N4OS/c1-4-21-20(22-11-16-8-7-15(2)10-19(16)26-3)23-12-18-13-24-9-5-6-17(24)14-25-18/h7-8,10,17-18H,4-6,9,11-14H2,1-3H3,(H2,21,22,23). The number of nitrogens with zero attached hydrogens (tertiary/aromatic N) is 2. The van der Waals surface area contributed by atoms with Crippen LogP contribution >= 0.6 is 11.8 Å². The van der Waals surface area contributed by atoms with Crippen LogP contribution in [0.4, 0.5) is 0 Å². The van der Waals surface area contributed by atoms with Gasteiger partial charge < -0.3 is 15.4 Å². The van der Waals surface area contributed by atoms with Crippen LogP contribution in [0.5, 0.6) is 0 Å². The van der Waals surface area contributed by atoms with Crippen molar-refractivity contribution >= 4 is 17.7 Å². The molecular formula is C20H32N4OS. The molecule has 144 valence electrons. The molecule has 2 atom stereocenters. The van der Waals surface area contributed by atoms with Crippen molar-refractivity contribution in [3.8, 4) is 0 Å². The van der Waals surface area contributed by atoms with Gasteiger partial charge in [-0.15, -0.1) is 11.8 Å². The van der Waals surface area contributed by atoms with Crippen LogP contribution < -0.4 is 10.6 Å². The van der Waals surface area contributed by atoms with E-state index in [1.807, 2.05) is 0 Å². The predicted molar refractivity (Wildman–Crippen MR) is 110 cm³/mol. The van der Waals surface area contributed by atoms with Gasteiger partial charge in [-0.1, -0.05) is 12.1 Å². The predicted octanol–water partition coefficient (Wildman–Crippen LogP) is 2.64. The first-order valence-electron chi connectivity index (χ1n) is 9.71. The Morgan fingerprint density at radius 1 is 1.38 bits per heavy atom. The summed E-state index contributed by atoms with van der Waals surface area (Å²) in [4.78, 5) is 8.67. The Labute approximate surface area is 162 Å². The summed E-state index contributed by atoms with van der Waals surface area (Å²) in [6.45, 7) is 9.71. The Morgan fingerprint density at radius 3 is 3.08 bits per heavy atom. The fraction of sp³-hybridized carbons (Fsp3) is 0.650. The second-order valence-corrected chi connectivity index (χ2v) is 7.99. The topological polar surface area (TPSA) is 48.9 Å². The molecule has 6 heteroatoms. The lowest BCUT2D eigenvalue weighted by Crippen LogP contribution is -2.51. The van der Waals surface area contributed by atoms with Crippen molar-refractivity contribution in [1.29, 1.82) is 0 Å². The van der Waals surface area contributed by atoms with E-state index < -0.39 is 0 Å². The third-order valence-electron chi connectivity index (χ3n) is 5.15. The highest BCUT2D eigenvalue weighted by molar-refractivity contribution is 7.98. The average molecular weight is 377 g/mol. The first-order valence-corrected chi connectivity index (χ1v) is 10.9. The Morgan fingerprint density at radius 2 is 2.27 bits per heavy atom. The molecule has 5 nitrogen and oxygen atoms in total. The zero-order valence-electron chi connectivity index (χ0n) is 16.3. The summed E-state index contributed by atoms with van der Waals surface area (Å²) in [6, 6.07) is 7.23. The van der Waals surface area contributed by atoms with Crippen molar-refractivity contribution < 1.29 is 4.74 Å². The first-order chi connectivity index (χ1) is 12.7. The van der Waals surface area contributed by atoms with Gasteiger partial charge in [0.2, 0.25) is 0 Å². The number of morpholine rings is 1. The van der Waals surface area contributed by atoms with E-state index in [2.05, 4.69) is 53.8 Å². The molecule has 2 aliphatic heterocycles. The van der Waals surface area contributed by atoms with E-state index in [0.717, 1.165) is 32.2 Å². The molecule has 2 heterocycles. The van der Waals surface area contributed by atoms with E-state index in [4.69, 9.17) is 9.73 Å². The number of thioether (sulfide) groups is 1.